The molecule has 6 aromatic carbocycles. The number of benzene rings is 6. The molecule has 0 amide bonds. The minimum atomic E-state index is -4.32. The zero-order chi connectivity index (χ0) is 51.4. The number of fused-ring (bicyclic) bond motifs is 2. The van der Waals surface area contributed by atoms with E-state index in [1.807, 2.05) is 0 Å². The van der Waals surface area contributed by atoms with Gasteiger partial charge < -0.3 is 0 Å². The Morgan fingerprint density at radius 3 is 0.861 bits per heavy atom. The molecule has 0 radical (unpaired) electrons. The van der Waals surface area contributed by atoms with Gasteiger partial charge in [0.2, 0.25) is 0 Å². The van der Waals surface area contributed by atoms with Gasteiger partial charge >= 0.3 is 442 Å². The van der Waals surface area contributed by atoms with Crippen LogP contribution in [0.1, 0.15) is 186 Å². The molecule has 0 saturated heterocycles. The van der Waals surface area contributed by atoms with Crippen molar-refractivity contribution < 1.29 is 17.4 Å². The standard InChI is InChI=1S/2C34H39.2CH3.H2Si.Zr/c2*1-33(2,3)27-14-10-25(11-15-27)29-18-19-30(26-12-16-28(17-13-26)34(4,5)6)32-22-24(21-31(29)32)20-23-8-7-9-23;;;;/h2*10-19,21-23H,7-9,20H2,1-6H3;2*1H3;1H2;. The Hall–Kier alpha value is -4.10. The van der Waals surface area contributed by atoms with Gasteiger partial charge in [0.05, 0.1) is 0 Å². The van der Waals surface area contributed by atoms with E-state index >= 15 is 0 Å². The summed E-state index contributed by atoms with van der Waals surface area (Å²) < 4.78 is 6.69. The predicted molar refractivity (Wildman–Crippen MR) is 315 cm³/mol. The molecule has 0 aromatic heterocycles. The number of allylic oxidation sites excluding steroid dienone is 2. The quantitative estimate of drug-likeness (QED) is 0.120. The normalized spacial score (nSPS) is 18.8. The van der Waals surface area contributed by atoms with Crippen molar-refractivity contribution in [1.29, 1.82) is 0 Å². The van der Waals surface area contributed by atoms with Gasteiger partial charge in [-0.2, -0.15) is 0 Å². The van der Waals surface area contributed by atoms with E-state index in [-0.39, 0.29) is 21.7 Å². The maximum absolute atomic E-state index is 4.32. The third-order valence-corrected chi connectivity index (χ3v) is 35.6. The van der Waals surface area contributed by atoms with Gasteiger partial charge in [-0.15, -0.1) is 0 Å². The van der Waals surface area contributed by atoms with Crippen LogP contribution in [0.15, 0.2) is 132 Å². The molecule has 0 nitrogen and oxygen atoms in total. The molecule has 0 heterocycles. The van der Waals surface area contributed by atoms with Crippen LogP contribution in [0.25, 0.3) is 56.7 Å². The van der Waals surface area contributed by atoms with Crippen molar-refractivity contribution >= 4 is 19.0 Å². The van der Waals surface area contributed by atoms with Gasteiger partial charge in [-0.05, 0) is 0 Å². The fourth-order valence-electron chi connectivity index (χ4n) is 13.5. The summed E-state index contributed by atoms with van der Waals surface area (Å²) in [5.41, 5.74) is 26.8. The molecule has 0 bridgehead atoms. The third-order valence-electron chi connectivity index (χ3n) is 18.2. The summed E-state index contributed by atoms with van der Waals surface area (Å²) in [4.78, 5) is 0. The van der Waals surface area contributed by atoms with Crippen LogP contribution >= 0.6 is 0 Å². The van der Waals surface area contributed by atoms with Crippen LogP contribution < -0.4 is 0 Å². The Bertz CT molecular complexity index is 2940. The molecule has 0 spiro atoms. The molecule has 0 N–H and O–H groups in total. The fraction of sp³-hybridized carbons (Fsp3) is 0.429. The van der Waals surface area contributed by atoms with E-state index in [4.69, 9.17) is 0 Å². The monoisotopic (exact) mass is 1040 g/mol. The topological polar surface area (TPSA) is 0 Å². The molecule has 6 aromatic rings. The van der Waals surface area contributed by atoms with Crippen molar-refractivity contribution in [2.75, 3.05) is 0 Å². The maximum atomic E-state index is 2.94. The second-order valence-electron chi connectivity index (χ2n) is 28.5. The van der Waals surface area contributed by atoms with Gasteiger partial charge in [0.25, 0.3) is 0 Å². The average Bonchev–Trinajstić information content (AvgIpc) is 3.88. The second kappa shape index (κ2) is 18.3. The molecule has 2 saturated carbocycles. The van der Waals surface area contributed by atoms with Crippen molar-refractivity contribution in [3.63, 3.8) is 0 Å². The van der Waals surface area contributed by atoms with Crippen LogP contribution in [-0.2, 0) is 39.1 Å². The molecule has 72 heavy (non-hydrogen) atoms. The van der Waals surface area contributed by atoms with Gasteiger partial charge in [0, 0.05) is 0 Å². The predicted octanol–water partition coefficient (Wildman–Crippen LogP) is 19.8. The van der Waals surface area contributed by atoms with E-state index in [2.05, 4.69) is 233 Å². The zero-order valence-electron chi connectivity index (χ0n) is 46.9. The SMILES string of the molecule is CC(C)(C)c1ccc(-c2ccc(-c3ccc(C(C)(C)C)cc3)c3c2C=C(CC2CCC2)[CH]3[Zr]([CH3])([CH3])(=[SiH2])[CH]2C(CC3CCC3)=Cc3c(-c4ccc(C(C)(C)C)cc4)ccc(-c4ccc(C(C)(C)C)cc4)c32)cc1. The van der Waals surface area contributed by atoms with E-state index in [0.29, 0.717) is 7.25 Å². The van der Waals surface area contributed by atoms with E-state index in [1.165, 1.54) is 129 Å². The molecule has 2 fully saturated rings. The molecule has 4 aliphatic rings. The summed E-state index contributed by atoms with van der Waals surface area (Å²) in [5, 5.41) is 0. The Kier molecular flexibility index (Phi) is 13.1. The molecule has 4 aliphatic carbocycles. The first-order valence-electron chi connectivity index (χ1n) is 28.0. The van der Waals surface area contributed by atoms with Crippen LogP contribution in [0.4, 0.5) is 0 Å². The average molecular weight is 1050 g/mol. The van der Waals surface area contributed by atoms with Crippen molar-refractivity contribution in [2.24, 2.45) is 11.8 Å². The van der Waals surface area contributed by atoms with Gasteiger partial charge in [0.15, 0.2) is 0 Å². The van der Waals surface area contributed by atoms with Crippen LogP contribution in [0, 0.1) is 11.8 Å². The first kappa shape index (κ1) is 51.4. The molecule has 2 heteroatoms. The van der Waals surface area contributed by atoms with E-state index in [1.54, 1.807) is 22.3 Å². The molecule has 2 unspecified atom stereocenters. The van der Waals surface area contributed by atoms with E-state index in [9.17, 15) is 0 Å². The summed E-state index contributed by atoms with van der Waals surface area (Å²) in [6.07, 6.45) is 16.2. The Labute approximate surface area is 439 Å². The van der Waals surface area contributed by atoms with Gasteiger partial charge in [-0.3, -0.25) is 0 Å². The summed E-state index contributed by atoms with van der Waals surface area (Å²) >= 11 is -4.32. The van der Waals surface area contributed by atoms with Crippen LogP contribution in [0.3, 0.4) is 0 Å². The summed E-state index contributed by atoms with van der Waals surface area (Å²) in [7, 11) is 0. The molecule has 10 rings (SSSR count). The Balaban J connectivity index is 1.24. The third kappa shape index (κ3) is 9.62. The molecule has 374 valence electrons. The van der Waals surface area contributed by atoms with Crippen LogP contribution in [0.5, 0.6) is 0 Å². The summed E-state index contributed by atoms with van der Waals surface area (Å²) in [6.45, 7) is 30.7. The van der Waals surface area contributed by atoms with Gasteiger partial charge in [-0.25, -0.2) is 0 Å². The van der Waals surface area contributed by atoms with Crippen molar-refractivity contribution in [2.45, 2.75) is 173 Å². The number of hydrogen-bond donors (Lipinski definition) is 0. The number of hydrogen-bond acceptors (Lipinski definition) is 0. The molecule has 0 aliphatic heterocycles. The first-order valence-corrected chi connectivity index (χ1v) is 41.7. The minimum absolute atomic E-state index is 0.0912. The van der Waals surface area contributed by atoms with Crippen LogP contribution in [0.2, 0.25) is 9.26 Å². The van der Waals surface area contributed by atoms with E-state index < -0.39 is 17.4 Å². The Morgan fingerprint density at radius 2 is 0.625 bits per heavy atom. The van der Waals surface area contributed by atoms with E-state index in [0.717, 1.165) is 11.8 Å². The molecular weight excluding hydrogens is 960 g/mol. The molecule has 2 atom stereocenters. The fourth-order valence-corrected chi connectivity index (χ4v) is 33.0. The van der Waals surface area contributed by atoms with Crippen molar-refractivity contribution in [3.05, 3.63) is 177 Å². The molecular formula is C70H86SiZr. The summed E-state index contributed by atoms with van der Waals surface area (Å²) in [5.74, 6) is 1.54. The van der Waals surface area contributed by atoms with Crippen molar-refractivity contribution in [3.8, 4) is 44.5 Å². The van der Waals surface area contributed by atoms with Crippen molar-refractivity contribution in [1.82, 2.24) is 0 Å². The number of rotatable bonds is 10. The zero-order valence-corrected chi connectivity index (χ0v) is 50.7. The second-order valence-corrected chi connectivity index (χ2v) is 59.0. The van der Waals surface area contributed by atoms with Gasteiger partial charge in [-0.1, -0.05) is 0 Å². The van der Waals surface area contributed by atoms with Gasteiger partial charge in [0.1, 0.15) is 0 Å². The summed E-state index contributed by atoms with van der Waals surface area (Å²) in [6, 6.07) is 48.9. The Morgan fingerprint density at radius 1 is 0.375 bits per heavy atom. The van der Waals surface area contributed by atoms with Crippen LogP contribution in [-0.4, -0.2) is 6.88 Å². The first-order chi connectivity index (χ1) is 33.7.